The number of pyridine rings is 1. The van der Waals surface area contributed by atoms with Crippen LogP contribution in [0.15, 0.2) is 30.3 Å². The average molecular weight is 270 g/mol. The maximum absolute atomic E-state index is 5.55. The van der Waals surface area contributed by atoms with Gasteiger partial charge < -0.3 is 9.64 Å². The van der Waals surface area contributed by atoms with Crippen LogP contribution in [0.2, 0.25) is 0 Å². The largest absolute Gasteiger partial charge is 0.380 e. The molecule has 2 aromatic rings. The van der Waals surface area contributed by atoms with E-state index in [0.29, 0.717) is 6.10 Å². The number of nitrogens with zero attached hydrogens (tertiary/aromatic N) is 2. The van der Waals surface area contributed by atoms with Crippen LogP contribution in [-0.2, 0) is 11.2 Å². The first-order valence-electron chi connectivity index (χ1n) is 7.48. The molecule has 1 atom stereocenters. The van der Waals surface area contributed by atoms with E-state index in [4.69, 9.17) is 9.72 Å². The number of hydrogen-bond donors (Lipinski definition) is 0. The highest BCUT2D eigenvalue weighted by atomic mass is 16.5. The normalized spacial score (nSPS) is 19.5. The Hall–Kier alpha value is -1.61. The third-order valence-corrected chi connectivity index (χ3v) is 4.16. The monoisotopic (exact) mass is 270 g/mol. The first-order valence-corrected chi connectivity index (χ1v) is 7.48. The van der Waals surface area contributed by atoms with Gasteiger partial charge in [0.25, 0.3) is 0 Å². The minimum absolute atomic E-state index is 0.348. The summed E-state index contributed by atoms with van der Waals surface area (Å²) in [6, 6.07) is 10.7. The van der Waals surface area contributed by atoms with Crippen molar-refractivity contribution in [3.63, 3.8) is 0 Å². The molecule has 3 heteroatoms. The second-order valence-corrected chi connectivity index (χ2v) is 5.45. The van der Waals surface area contributed by atoms with Crippen LogP contribution in [-0.4, -0.2) is 31.3 Å². The summed E-state index contributed by atoms with van der Waals surface area (Å²) in [5.41, 5.74) is 3.58. The quantitative estimate of drug-likeness (QED) is 0.854. The van der Waals surface area contributed by atoms with Gasteiger partial charge in [0, 0.05) is 37.0 Å². The number of aryl methyl sites for hydroxylation is 1. The number of benzene rings is 1. The van der Waals surface area contributed by atoms with Crippen molar-refractivity contribution in [1.82, 2.24) is 4.98 Å². The van der Waals surface area contributed by atoms with Crippen LogP contribution >= 0.6 is 0 Å². The third-order valence-electron chi connectivity index (χ3n) is 4.16. The minimum Gasteiger partial charge on any atom is -0.380 e. The number of fused-ring (bicyclic) bond motifs is 1. The summed E-state index contributed by atoms with van der Waals surface area (Å²) in [7, 11) is 1.82. The molecule has 1 unspecified atom stereocenters. The Morgan fingerprint density at radius 2 is 2.20 bits per heavy atom. The Morgan fingerprint density at radius 1 is 1.35 bits per heavy atom. The summed E-state index contributed by atoms with van der Waals surface area (Å²) in [6.07, 6.45) is 3.67. The number of rotatable bonds is 3. The fourth-order valence-corrected chi connectivity index (χ4v) is 3.00. The van der Waals surface area contributed by atoms with Gasteiger partial charge in [-0.1, -0.05) is 25.1 Å². The zero-order valence-corrected chi connectivity index (χ0v) is 12.3. The van der Waals surface area contributed by atoms with Crippen LogP contribution in [0.5, 0.6) is 0 Å². The number of anilines is 1. The van der Waals surface area contributed by atoms with Crippen molar-refractivity contribution < 1.29 is 4.74 Å². The highest BCUT2D eigenvalue weighted by molar-refractivity contribution is 5.92. The summed E-state index contributed by atoms with van der Waals surface area (Å²) in [5, 5.41) is 1.25. The number of piperidine rings is 1. The van der Waals surface area contributed by atoms with E-state index < -0.39 is 0 Å². The van der Waals surface area contributed by atoms with Gasteiger partial charge in [-0.15, -0.1) is 0 Å². The molecule has 0 bridgehead atoms. The zero-order chi connectivity index (χ0) is 13.9. The predicted octanol–water partition coefficient (Wildman–Crippen LogP) is 3.41. The molecular formula is C17H22N2O. The number of para-hydroxylation sites is 1. The average Bonchev–Trinajstić information content (AvgIpc) is 2.53. The van der Waals surface area contributed by atoms with Crippen molar-refractivity contribution in [2.45, 2.75) is 32.3 Å². The van der Waals surface area contributed by atoms with Gasteiger partial charge in [0.2, 0.25) is 0 Å². The molecule has 2 heterocycles. The third kappa shape index (κ3) is 2.50. The van der Waals surface area contributed by atoms with Gasteiger partial charge in [-0.05, 0) is 31.4 Å². The Labute approximate surface area is 120 Å². The standard InChI is InChI=1S/C17H22N2O/c1-3-13-11-17(15-8-4-5-9-16(15)18-13)19-10-6-7-14(12-19)20-2/h4-5,8-9,11,14H,3,6-7,10,12H2,1-2H3. The molecule has 1 aliphatic rings. The van der Waals surface area contributed by atoms with E-state index in [1.54, 1.807) is 0 Å². The summed E-state index contributed by atoms with van der Waals surface area (Å²) in [6.45, 7) is 4.25. The fourth-order valence-electron chi connectivity index (χ4n) is 3.00. The first kappa shape index (κ1) is 13.4. The molecule has 1 fully saturated rings. The van der Waals surface area contributed by atoms with Crippen molar-refractivity contribution in [2.75, 3.05) is 25.1 Å². The molecule has 1 aromatic heterocycles. The number of hydrogen-bond acceptors (Lipinski definition) is 3. The molecule has 1 aromatic carbocycles. The van der Waals surface area contributed by atoms with E-state index >= 15 is 0 Å². The molecule has 0 radical (unpaired) electrons. The van der Waals surface area contributed by atoms with E-state index in [1.165, 1.54) is 23.2 Å². The van der Waals surface area contributed by atoms with Crippen molar-refractivity contribution >= 4 is 16.6 Å². The van der Waals surface area contributed by atoms with Crippen LogP contribution in [0.3, 0.4) is 0 Å². The molecule has 0 saturated carbocycles. The molecule has 0 N–H and O–H groups in total. The molecule has 1 aliphatic heterocycles. The van der Waals surface area contributed by atoms with Gasteiger partial charge >= 0.3 is 0 Å². The van der Waals surface area contributed by atoms with Crippen LogP contribution in [0.25, 0.3) is 10.9 Å². The molecule has 3 rings (SSSR count). The second-order valence-electron chi connectivity index (χ2n) is 5.45. The van der Waals surface area contributed by atoms with Crippen molar-refractivity contribution in [3.05, 3.63) is 36.0 Å². The number of aromatic nitrogens is 1. The molecule has 3 nitrogen and oxygen atoms in total. The predicted molar refractivity (Wildman–Crippen MR) is 83.4 cm³/mol. The SMILES string of the molecule is CCc1cc(N2CCCC(OC)C2)c2ccccc2n1. The Balaban J connectivity index is 2.04. The summed E-state index contributed by atoms with van der Waals surface area (Å²) < 4.78 is 5.55. The van der Waals surface area contributed by atoms with E-state index in [9.17, 15) is 0 Å². The molecule has 1 saturated heterocycles. The lowest BCUT2D eigenvalue weighted by Crippen LogP contribution is -2.39. The lowest BCUT2D eigenvalue weighted by molar-refractivity contribution is 0.0894. The summed E-state index contributed by atoms with van der Waals surface area (Å²) in [4.78, 5) is 7.19. The molecular weight excluding hydrogens is 248 g/mol. The van der Waals surface area contributed by atoms with Gasteiger partial charge in [-0.3, -0.25) is 4.98 Å². The fraction of sp³-hybridized carbons (Fsp3) is 0.471. The van der Waals surface area contributed by atoms with E-state index in [-0.39, 0.29) is 0 Å². The molecule has 0 amide bonds. The summed E-state index contributed by atoms with van der Waals surface area (Å²) in [5.74, 6) is 0. The van der Waals surface area contributed by atoms with Gasteiger partial charge in [0.15, 0.2) is 0 Å². The smallest absolute Gasteiger partial charge is 0.0746 e. The van der Waals surface area contributed by atoms with Gasteiger partial charge in [0.1, 0.15) is 0 Å². The Bertz CT molecular complexity index is 597. The lowest BCUT2D eigenvalue weighted by atomic mass is 10.0. The highest BCUT2D eigenvalue weighted by Crippen LogP contribution is 2.29. The lowest BCUT2D eigenvalue weighted by Gasteiger charge is -2.34. The molecule has 106 valence electrons. The second kappa shape index (κ2) is 5.80. The van der Waals surface area contributed by atoms with Crippen molar-refractivity contribution in [1.29, 1.82) is 0 Å². The number of ether oxygens (including phenoxy) is 1. The van der Waals surface area contributed by atoms with Gasteiger partial charge in [0.05, 0.1) is 11.6 Å². The van der Waals surface area contributed by atoms with Crippen LogP contribution in [0.1, 0.15) is 25.5 Å². The number of methoxy groups -OCH3 is 1. The summed E-state index contributed by atoms with van der Waals surface area (Å²) >= 11 is 0. The van der Waals surface area contributed by atoms with Crippen LogP contribution in [0.4, 0.5) is 5.69 Å². The molecule has 0 aliphatic carbocycles. The topological polar surface area (TPSA) is 25.4 Å². The molecule has 0 spiro atoms. The van der Waals surface area contributed by atoms with Gasteiger partial charge in [-0.2, -0.15) is 0 Å². The minimum atomic E-state index is 0.348. The Kier molecular flexibility index (Phi) is 3.88. The molecule has 20 heavy (non-hydrogen) atoms. The van der Waals surface area contributed by atoms with E-state index in [2.05, 4.69) is 42.2 Å². The van der Waals surface area contributed by atoms with E-state index in [1.807, 2.05) is 7.11 Å². The van der Waals surface area contributed by atoms with E-state index in [0.717, 1.165) is 31.4 Å². The zero-order valence-electron chi connectivity index (χ0n) is 12.3. The highest BCUT2D eigenvalue weighted by Gasteiger charge is 2.21. The van der Waals surface area contributed by atoms with Crippen LogP contribution < -0.4 is 4.90 Å². The Morgan fingerprint density at radius 3 is 3.00 bits per heavy atom. The maximum Gasteiger partial charge on any atom is 0.0746 e. The first-order chi connectivity index (χ1) is 9.81. The maximum atomic E-state index is 5.55. The van der Waals surface area contributed by atoms with Crippen LogP contribution in [0, 0.1) is 0 Å². The van der Waals surface area contributed by atoms with Gasteiger partial charge in [-0.25, -0.2) is 0 Å². The van der Waals surface area contributed by atoms with Crippen molar-refractivity contribution in [2.24, 2.45) is 0 Å². The van der Waals surface area contributed by atoms with Crippen molar-refractivity contribution in [3.8, 4) is 0 Å².